The topological polar surface area (TPSA) is 69.3 Å². The molecule has 1 amide bonds. The van der Waals surface area contributed by atoms with Crippen LogP contribution in [0.4, 0.5) is 5.69 Å². The number of carbonyl (C=O) groups is 1. The zero-order valence-corrected chi connectivity index (χ0v) is 18.5. The molecular weight excluding hydrogens is 420 g/mol. The van der Waals surface area contributed by atoms with Gasteiger partial charge in [0, 0.05) is 24.6 Å². The zero-order chi connectivity index (χ0) is 21.8. The third-order valence-electron chi connectivity index (χ3n) is 5.61. The summed E-state index contributed by atoms with van der Waals surface area (Å²) in [7, 11) is 3.07. The van der Waals surface area contributed by atoms with Crippen molar-refractivity contribution in [2.45, 2.75) is 25.3 Å². The van der Waals surface area contributed by atoms with Crippen molar-refractivity contribution in [3.63, 3.8) is 0 Å². The van der Waals surface area contributed by atoms with Gasteiger partial charge in [-0.25, -0.2) is 0 Å². The minimum absolute atomic E-state index is 0.121. The monoisotopic (exact) mass is 446 g/mol. The molecule has 1 atom stereocenters. The molecule has 2 heterocycles. The van der Waals surface area contributed by atoms with E-state index in [0.717, 1.165) is 42.9 Å². The van der Waals surface area contributed by atoms with Crippen LogP contribution in [0.2, 0.25) is 5.02 Å². The number of anilines is 1. The highest BCUT2D eigenvalue weighted by molar-refractivity contribution is 6.32. The van der Waals surface area contributed by atoms with E-state index in [1.54, 1.807) is 12.1 Å². The summed E-state index contributed by atoms with van der Waals surface area (Å²) in [6, 6.07) is 9.55. The van der Waals surface area contributed by atoms with Gasteiger partial charge in [-0.15, -0.1) is 0 Å². The Balaban J connectivity index is 1.47. The van der Waals surface area contributed by atoms with E-state index in [-0.39, 0.29) is 18.5 Å². The van der Waals surface area contributed by atoms with E-state index in [9.17, 15) is 4.79 Å². The molecule has 0 saturated carbocycles. The van der Waals surface area contributed by atoms with Gasteiger partial charge in [0.1, 0.15) is 11.5 Å². The van der Waals surface area contributed by atoms with Crippen molar-refractivity contribution >= 4 is 23.2 Å². The quantitative estimate of drug-likeness (QED) is 0.713. The minimum atomic E-state index is -0.121. The number of carbonyl (C=O) groups excluding carboxylic acids is 1. The summed E-state index contributed by atoms with van der Waals surface area (Å²) in [4.78, 5) is 15.0. The van der Waals surface area contributed by atoms with Crippen molar-refractivity contribution in [3.05, 3.63) is 40.9 Å². The van der Waals surface area contributed by atoms with E-state index < -0.39 is 0 Å². The number of methoxy groups -OCH3 is 2. The molecule has 2 aromatic rings. The van der Waals surface area contributed by atoms with Crippen molar-refractivity contribution in [2.24, 2.45) is 0 Å². The van der Waals surface area contributed by atoms with Gasteiger partial charge in [-0.2, -0.15) is 0 Å². The second-order valence-corrected chi connectivity index (χ2v) is 8.03. The van der Waals surface area contributed by atoms with Crippen LogP contribution in [-0.2, 0) is 4.79 Å². The molecule has 0 aliphatic carbocycles. The molecule has 0 aromatic heterocycles. The van der Waals surface area contributed by atoms with Crippen LogP contribution in [0, 0.1) is 0 Å². The standard InChI is InChI=1S/C23H27ClN2O5/c1-28-20-13-17(21(29-2)12-16(20)24)25-23(27)14-26-8-3-5-18(26)15-6-7-19-22(11-15)31-10-4-9-30-19/h6-7,11-13,18H,3-5,8-10,14H2,1-2H3,(H,25,27)/t18-/m1/s1. The Morgan fingerprint density at radius 1 is 1.10 bits per heavy atom. The van der Waals surface area contributed by atoms with Crippen molar-refractivity contribution in [1.82, 2.24) is 4.90 Å². The van der Waals surface area contributed by atoms with E-state index in [2.05, 4.69) is 22.3 Å². The first-order valence-electron chi connectivity index (χ1n) is 10.4. The fourth-order valence-electron chi connectivity index (χ4n) is 4.11. The third kappa shape index (κ3) is 4.83. The van der Waals surface area contributed by atoms with Gasteiger partial charge in [-0.1, -0.05) is 17.7 Å². The number of rotatable bonds is 6. The van der Waals surface area contributed by atoms with Crippen molar-refractivity contribution in [3.8, 4) is 23.0 Å². The lowest BCUT2D eigenvalue weighted by molar-refractivity contribution is -0.117. The van der Waals surface area contributed by atoms with E-state index in [4.69, 9.17) is 30.5 Å². The summed E-state index contributed by atoms with van der Waals surface area (Å²) < 4.78 is 22.2. The molecule has 166 valence electrons. The number of nitrogens with one attached hydrogen (secondary N) is 1. The second-order valence-electron chi connectivity index (χ2n) is 7.62. The SMILES string of the molecule is COc1cc(NC(=O)CN2CCC[C@@H]2c2ccc3c(c2)OCCCO3)c(OC)cc1Cl. The lowest BCUT2D eigenvalue weighted by Gasteiger charge is -2.25. The molecule has 2 aromatic carbocycles. The molecule has 2 aliphatic rings. The Morgan fingerprint density at radius 2 is 1.87 bits per heavy atom. The van der Waals surface area contributed by atoms with E-state index in [1.807, 2.05) is 6.07 Å². The maximum atomic E-state index is 12.8. The smallest absolute Gasteiger partial charge is 0.238 e. The summed E-state index contributed by atoms with van der Waals surface area (Å²) in [5.74, 6) is 2.41. The highest BCUT2D eigenvalue weighted by Gasteiger charge is 2.29. The average molecular weight is 447 g/mol. The van der Waals surface area contributed by atoms with E-state index in [0.29, 0.717) is 35.4 Å². The van der Waals surface area contributed by atoms with Crippen LogP contribution in [0.3, 0.4) is 0 Å². The van der Waals surface area contributed by atoms with Crippen LogP contribution in [0.1, 0.15) is 30.9 Å². The lowest BCUT2D eigenvalue weighted by Crippen LogP contribution is -2.33. The van der Waals surface area contributed by atoms with E-state index >= 15 is 0 Å². The number of ether oxygens (including phenoxy) is 4. The van der Waals surface area contributed by atoms with Gasteiger partial charge in [0.05, 0.1) is 44.7 Å². The Bertz CT molecular complexity index is 952. The molecule has 7 nitrogen and oxygen atoms in total. The summed E-state index contributed by atoms with van der Waals surface area (Å²) in [6.45, 7) is 2.45. The van der Waals surface area contributed by atoms with Gasteiger partial charge in [-0.3, -0.25) is 9.69 Å². The van der Waals surface area contributed by atoms with Crippen LogP contribution >= 0.6 is 11.6 Å². The number of nitrogens with zero attached hydrogens (tertiary/aromatic N) is 1. The van der Waals surface area contributed by atoms with Gasteiger partial charge >= 0.3 is 0 Å². The Hall–Kier alpha value is -2.64. The van der Waals surface area contributed by atoms with Gasteiger partial charge in [-0.05, 0) is 37.1 Å². The number of hydrogen-bond acceptors (Lipinski definition) is 6. The van der Waals surface area contributed by atoms with Crippen molar-refractivity contribution in [2.75, 3.05) is 45.8 Å². The van der Waals surface area contributed by atoms with Gasteiger partial charge < -0.3 is 24.3 Å². The molecule has 8 heteroatoms. The first-order chi connectivity index (χ1) is 15.1. The van der Waals surface area contributed by atoms with Crippen LogP contribution in [0.25, 0.3) is 0 Å². The first-order valence-corrected chi connectivity index (χ1v) is 10.8. The normalized spacial score (nSPS) is 18.4. The van der Waals surface area contributed by atoms with E-state index in [1.165, 1.54) is 14.2 Å². The number of amides is 1. The Morgan fingerprint density at radius 3 is 2.65 bits per heavy atom. The molecule has 0 radical (unpaired) electrons. The van der Waals surface area contributed by atoms with Crippen LogP contribution < -0.4 is 24.3 Å². The molecule has 1 saturated heterocycles. The number of fused-ring (bicyclic) bond motifs is 1. The molecule has 1 N–H and O–H groups in total. The van der Waals surface area contributed by atoms with Crippen LogP contribution in [-0.4, -0.2) is 51.3 Å². The fraction of sp³-hybridized carbons (Fsp3) is 0.435. The highest BCUT2D eigenvalue weighted by Crippen LogP contribution is 2.38. The third-order valence-corrected chi connectivity index (χ3v) is 5.91. The Labute approximate surface area is 187 Å². The number of benzene rings is 2. The van der Waals surface area contributed by atoms with Crippen LogP contribution in [0.5, 0.6) is 23.0 Å². The molecular formula is C23H27ClN2O5. The molecule has 0 spiro atoms. The van der Waals surface area contributed by atoms with Gasteiger partial charge in [0.15, 0.2) is 11.5 Å². The maximum Gasteiger partial charge on any atom is 0.238 e. The highest BCUT2D eigenvalue weighted by atomic mass is 35.5. The summed E-state index contributed by atoms with van der Waals surface area (Å²) in [5.41, 5.74) is 1.67. The molecule has 4 rings (SSSR count). The number of hydrogen-bond donors (Lipinski definition) is 1. The molecule has 0 unspecified atom stereocenters. The minimum Gasteiger partial charge on any atom is -0.495 e. The fourth-order valence-corrected chi connectivity index (χ4v) is 4.34. The summed E-state index contributed by atoms with van der Waals surface area (Å²) in [5, 5.41) is 3.35. The number of likely N-dealkylation sites (tertiary alicyclic amines) is 1. The van der Waals surface area contributed by atoms with Gasteiger partial charge in [0.25, 0.3) is 0 Å². The largest absolute Gasteiger partial charge is 0.495 e. The molecule has 1 fully saturated rings. The molecule has 0 bridgehead atoms. The summed E-state index contributed by atoms with van der Waals surface area (Å²) in [6.07, 6.45) is 2.90. The predicted molar refractivity (Wildman–Crippen MR) is 119 cm³/mol. The van der Waals surface area contributed by atoms with Crippen LogP contribution in [0.15, 0.2) is 30.3 Å². The molecule has 31 heavy (non-hydrogen) atoms. The van der Waals surface area contributed by atoms with Gasteiger partial charge in [0.2, 0.25) is 5.91 Å². The van der Waals surface area contributed by atoms with Crippen molar-refractivity contribution < 1.29 is 23.7 Å². The maximum absolute atomic E-state index is 12.8. The molecule has 2 aliphatic heterocycles. The predicted octanol–water partition coefficient (Wildman–Crippen LogP) is 4.29. The first kappa shape index (κ1) is 21.6. The summed E-state index contributed by atoms with van der Waals surface area (Å²) >= 11 is 6.16. The second kappa shape index (κ2) is 9.66. The Kier molecular flexibility index (Phi) is 6.73. The zero-order valence-electron chi connectivity index (χ0n) is 17.8. The number of halogens is 1. The van der Waals surface area contributed by atoms with Crippen molar-refractivity contribution in [1.29, 1.82) is 0 Å². The lowest BCUT2D eigenvalue weighted by atomic mass is 10.0. The average Bonchev–Trinajstić information content (AvgIpc) is 3.09.